The highest BCUT2D eigenvalue weighted by molar-refractivity contribution is 14.0. The smallest absolute Gasteiger partial charge is 0.188 e. The van der Waals surface area contributed by atoms with Gasteiger partial charge >= 0.3 is 0 Å². The number of thiophene rings is 1. The van der Waals surface area contributed by atoms with Crippen LogP contribution in [0.1, 0.15) is 18.4 Å². The predicted octanol–water partition coefficient (Wildman–Crippen LogP) is 2.02. The van der Waals surface area contributed by atoms with Crippen molar-refractivity contribution in [2.24, 2.45) is 10.7 Å². The van der Waals surface area contributed by atoms with Crippen LogP contribution in [0.25, 0.3) is 0 Å². The molecule has 0 amide bonds. The molecule has 1 aromatic rings. The number of aliphatic imine (C=N–C) groups is 1. The first-order valence-corrected chi connectivity index (χ1v) is 6.23. The number of hydrogen-bond donors (Lipinski definition) is 2. The van der Waals surface area contributed by atoms with E-state index in [2.05, 4.69) is 34.1 Å². The van der Waals surface area contributed by atoms with Gasteiger partial charge in [0.25, 0.3) is 0 Å². The fraction of sp³-hybridized carbons (Fsp3) is 0.545. The van der Waals surface area contributed by atoms with Crippen molar-refractivity contribution >= 4 is 41.3 Å². The summed E-state index contributed by atoms with van der Waals surface area (Å²) in [6.45, 7) is 4.19. The second-order valence-electron chi connectivity index (χ2n) is 3.60. The number of ether oxygens (including phenoxy) is 1. The Morgan fingerprint density at radius 1 is 1.65 bits per heavy atom. The number of rotatable bonds is 6. The molecule has 0 saturated heterocycles. The fourth-order valence-electron chi connectivity index (χ4n) is 1.23. The van der Waals surface area contributed by atoms with Gasteiger partial charge in [0.05, 0.1) is 6.61 Å². The Morgan fingerprint density at radius 2 is 2.41 bits per heavy atom. The van der Waals surface area contributed by atoms with Crippen LogP contribution >= 0.6 is 35.3 Å². The maximum absolute atomic E-state index is 5.70. The van der Waals surface area contributed by atoms with Gasteiger partial charge in [0.2, 0.25) is 0 Å². The fourth-order valence-corrected chi connectivity index (χ4v) is 2.02. The number of hydrogen-bond acceptors (Lipinski definition) is 3. The van der Waals surface area contributed by atoms with Gasteiger partial charge in [0, 0.05) is 26.1 Å². The molecule has 0 fully saturated rings. The largest absolute Gasteiger partial charge is 0.383 e. The third-order valence-electron chi connectivity index (χ3n) is 2.26. The monoisotopic (exact) mass is 369 g/mol. The molecule has 0 bridgehead atoms. The molecule has 1 heterocycles. The molecule has 1 rings (SSSR count). The normalized spacial score (nSPS) is 12.9. The van der Waals surface area contributed by atoms with Gasteiger partial charge in [-0.15, -0.1) is 24.0 Å². The molecule has 0 aliphatic carbocycles. The minimum absolute atomic E-state index is 0. The standard InChI is InChI=1S/C11H19N3OS.HI/c1-9(10-3-6-16-8-10)7-14-11(12)13-4-5-15-2;/h3,6,8-9H,4-5,7H2,1-2H3,(H3,12,13,14);1H. The number of nitrogens with zero attached hydrogens (tertiary/aromatic N) is 1. The molecule has 3 N–H and O–H groups in total. The summed E-state index contributed by atoms with van der Waals surface area (Å²) in [4.78, 5) is 4.28. The maximum Gasteiger partial charge on any atom is 0.188 e. The van der Waals surface area contributed by atoms with E-state index >= 15 is 0 Å². The third kappa shape index (κ3) is 6.85. The van der Waals surface area contributed by atoms with Crippen molar-refractivity contribution in [3.05, 3.63) is 22.4 Å². The summed E-state index contributed by atoms with van der Waals surface area (Å²) in [5, 5.41) is 7.22. The molecule has 0 saturated carbocycles. The second-order valence-corrected chi connectivity index (χ2v) is 4.38. The topological polar surface area (TPSA) is 59.6 Å². The summed E-state index contributed by atoms with van der Waals surface area (Å²) in [5.74, 6) is 0.896. The summed E-state index contributed by atoms with van der Waals surface area (Å²) in [7, 11) is 1.66. The van der Waals surface area contributed by atoms with Gasteiger partial charge in [-0.25, -0.2) is 0 Å². The van der Waals surface area contributed by atoms with Crippen molar-refractivity contribution in [2.45, 2.75) is 12.8 Å². The Bertz CT molecular complexity index is 317. The molecule has 0 aliphatic heterocycles. The van der Waals surface area contributed by atoms with Crippen LogP contribution in [0.2, 0.25) is 0 Å². The van der Waals surface area contributed by atoms with Crippen molar-refractivity contribution in [1.82, 2.24) is 5.32 Å². The molecular formula is C11H20IN3OS. The molecule has 17 heavy (non-hydrogen) atoms. The van der Waals surface area contributed by atoms with E-state index in [0.717, 1.165) is 0 Å². The average molecular weight is 369 g/mol. The van der Waals surface area contributed by atoms with Gasteiger partial charge in [0.1, 0.15) is 0 Å². The zero-order valence-electron chi connectivity index (χ0n) is 10.2. The quantitative estimate of drug-likeness (QED) is 0.349. The number of nitrogens with one attached hydrogen (secondary N) is 1. The number of methoxy groups -OCH3 is 1. The molecule has 0 spiro atoms. The lowest BCUT2D eigenvalue weighted by Crippen LogP contribution is -2.34. The van der Waals surface area contributed by atoms with E-state index in [1.165, 1.54) is 5.56 Å². The van der Waals surface area contributed by atoms with Gasteiger partial charge in [-0.3, -0.25) is 4.99 Å². The van der Waals surface area contributed by atoms with Crippen LogP contribution in [0.5, 0.6) is 0 Å². The average Bonchev–Trinajstić information content (AvgIpc) is 2.79. The van der Waals surface area contributed by atoms with Crippen molar-refractivity contribution in [3.63, 3.8) is 0 Å². The van der Waals surface area contributed by atoms with Crippen molar-refractivity contribution in [1.29, 1.82) is 0 Å². The molecule has 6 heteroatoms. The molecule has 0 radical (unpaired) electrons. The van der Waals surface area contributed by atoms with Crippen molar-refractivity contribution < 1.29 is 4.74 Å². The molecular weight excluding hydrogens is 349 g/mol. The minimum atomic E-state index is 0. The third-order valence-corrected chi connectivity index (χ3v) is 2.96. The van der Waals surface area contributed by atoms with E-state index in [1.54, 1.807) is 18.4 Å². The first-order valence-electron chi connectivity index (χ1n) is 5.29. The maximum atomic E-state index is 5.70. The van der Waals surface area contributed by atoms with E-state index in [4.69, 9.17) is 10.5 Å². The van der Waals surface area contributed by atoms with Crippen LogP contribution < -0.4 is 11.1 Å². The van der Waals surface area contributed by atoms with Crippen molar-refractivity contribution in [3.8, 4) is 0 Å². The highest BCUT2D eigenvalue weighted by Crippen LogP contribution is 2.17. The summed E-state index contributed by atoms with van der Waals surface area (Å²) in [5.41, 5.74) is 7.02. The summed E-state index contributed by atoms with van der Waals surface area (Å²) >= 11 is 1.71. The van der Waals surface area contributed by atoms with Crippen LogP contribution in [0.15, 0.2) is 21.8 Å². The van der Waals surface area contributed by atoms with Crippen LogP contribution in [0.4, 0.5) is 0 Å². The molecule has 98 valence electrons. The first-order chi connectivity index (χ1) is 7.74. The predicted molar refractivity (Wildman–Crippen MR) is 84.5 cm³/mol. The van der Waals surface area contributed by atoms with E-state index in [9.17, 15) is 0 Å². The molecule has 4 nitrogen and oxygen atoms in total. The number of halogens is 1. The minimum Gasteiger partial charge on any atom is -0.383 e. The number of nitrogens with two attached hydrogens (primary N) is 1. The lowest BCUT2D eigenvalue weighted by molar-refractivity contribution is 0.204. The van der Waals surface area contributed by atoms with Crippen LogP contribution in [0.3, 0.4) is 0 Å². The molecule has 1 unspecified atom stereocenters. The lowest BCUT2D eigenvalue weighted by Gasteiger charge is -2.08. The van der Waals surface area contributed by atoms with E-state index < -0.39 is 0 Å². The Labute approximate surface area is 124 Å². The Balaban J connectivity index is 0.00000256. The zero-order valence-corrected chi connectivity index (χ0v) is 13.3. The SMILES string of the molecule is COCCNC(N)=NCC(C)c1ccsc1.I. The molecule has 0 aliphatic rings. The van der Waals surface area contributed by atoms with Crippen molar-refractivity contribution in [2.75, 3.05) is 26.8 Å². The summed E-state index contributed by atoms with van der Waals surface area (Å²) in [6, 6.07) is 2.12. The van der Waals surface area contributed by atoms with E-state index in [1.807, 2.05) is 0 Å². The van der Waals surface area contributed by atoms with Gasteiger partial charge in [-0.05, 0) is 22.4 Å². The van der Waals surface area contributed by atoms with Gasteiger partial charge in [-0.1, -0.05) is 6.92 Å². The van der Waals surface area contributed by atoms with Crippen LogP contribution in [-0.4, -0.2) is 32.8 Å². The second kappa shape index (κ2) is 9.67. The molecule has 1 atom stereocenters. The molecule has 0 aromatic carbocycles. The highest BCUT2D eigenvalue weighted by Gasteiger charge is 2.04. The first kappa shape index (κ1) is 16.7. The lowest BCUT2D eigenvalue weighted by atomic mass is 10.1. The Kier molecular flexibility index (Phi) is 9.47. The van der Waals surface area contributed by atoms with E-state index in [0.29, 0.717) is 31.6 Å². The van der Waals surface area contributed by atoms with E-state index in [-0.39, 0.29) is 24.0 Å². The van der Waals surface area contributed by atoms with Crippen LogP contribution in [-0.2, 0) is 4.74 Å². The summed E-state index contributed by atoms with van der Waals surface area (Å²) < 4.78 is 4.91. The van der Waals surface area contributed by atoms with Crippen LogP contribution in [0, 0.1) is 0 Å². The number of guanidine groups is 1. The Morgan fingerprint density at radius 3 is 3.00 bits per heavy atom. The summed E-state index contributed by atoms with van der Waals surface area (Å²) in [6.07, 6.45) is 0. The van der Waals surface area contributed by atoms with Gasteiger partial charge in [-0.2, -0.15) is 11.3 Å². The highest BCUT2D eigenvalue weighted by atomic mass is 127. The van der Waals surface area contributed by atoms with Gasteiger partial charge < -0.3 is 15.8 Å². The van der Waals surface area contributed by atoms with Gasteiger partial charge in [0.15, 0.2) is 5.96 Å². The molecule has 1 aromatic heterocycles. The zero-order chi connectivity index (χ0) is 11.8. The Hall–Kier alpha value is -0.340.